The Morgan fingerprint density at radius 2 is 1.83 bits per heavy atom. The van der Waals surface area contributed by atoms with Crippen molar-refractivity contribution in [2.45, 2.75) is 24.8 Å². The Bertz CT molecular complexity index is 573. The summed E-state index contributed by atoms with van der Waals surface area (Å²) in [6.07, 6.45) is 2.85. The molecule has 94 valence electrons. The van der Waals surface area contributed by atoms with Crippen LogP contribution in [-0.4, -0.2) is 10.1 Å². The molecule has 0 atom stereocenters. The predicted molar refractivity (Wildman–Crippen MR) is 69.5 cm³/mol. The molecule has 18 heavy (non-hydrogen) atoms. The van der Waals surface area contributed by atoms with Gasteiger partial charge in [-0.15, -0.1) is 0 Å². The molecule has 2 aromatic rings. The largest absolute Gasteiger partial charge is 0.337 e. The van der Waals surface area contributed by atoms with Crippen LogP contribution >= 0.6 is 23.2 Å². The minimum Gasteiger partial charge on any atom is -0.337 e. The minimum atomic E-state index is -0.451. The number of nitrogens with two attached hydrogens (primary N) is 1. The number of aromatic nitrogens is 2. The molecule has 1 fully saturated rings. The van der Waals surface area contributed by atoms with E-state index in [1.165, 1.54) is 0 Å². The van der Waals surface area contributed by atoms with Gasteiger partial charge in [-0.1, -0.05) is 28.4 Å². The molecule has 1 aromatic carbocycles. The van der Waals surface area contributed by atoms with Crippen molar-refractivity contribution in [3.63, 3.8) is 0 Å². The van der Waals surface area contributed by atoms with Crippen LogP contribution in [0.5, 0.6) is 0 Å². The molecule has 6 heteroatoms. The molecule has 4 nitrogen and oxygen atoms in total. The summed E-state index contributed by atoms with van der Waals surface area (Å²) in [6.45, 7) is 0. The lowest BCUT2D eigenvalue weighted by Crippen LogP contribution is -2.43. The molecular weight excluding hydrogens is 273 g/mol. The van der Waals surface area contributed by atoms with Crippen molar-refractivity contribution in [1.82, 2.24) is 10.1 Å². The van der Waals surface area contributed by atoms with Gasteiger partial charge in [-0.3, -0.25) is 0 Å². The molecule has 1 heterocycles. The molecule has 3 rings (SSSR count). The Morgan fingerprint density at radius 3 is 2.39 bits per heavy atom. The maximum Gasteiger partial charge on any atom is 0.247 e. The second kappa shape index (κ2) is 4.23. The first-order chi connectivity index (χ1) is 8.57. The fraction of sp³-hybridized carbons (Fsp3) is 0.333. The first kappa shape index (κ1) is 12.0. The Labute approximate surface area is 114 Å². The summed E-state index contributed by atoms with van der Waals surface area (Å²) in [7, 11) is 0. The highest BCUT2D eigenvalue weighted by Gasteiger charge is 2.39. The molecule has 0 saturated heterocycles. The van der Waals surface area contributed by atoms with Crippen LogP contribution in [0.3, 0.4) is 0 Å². The zero-order chi connectivity index (χ0) is 12.8. The Balaban J connectivity index is 1.97. The highest BCUT2D eigenvalue weighted by molar-refractivity contribution is 6.35. The van der Waals surface area contributed by atoms with Gasteiger partial charge in [-0.25, -0.2) is 0 Å². The SMILES string of the molecule is NC1(c2nc(-c3cc(Cl)cc(Cl)c3)no2)CCC1. The van der Waals surface area contributed by atoms with Crippen LogP contribution in [-0.2, 0) is 5.54 Å². The van der Waals surface area contributed by atoms with E-state index in [-0.39, 0.29) is 0 Å². The molecular formula is C12H11Cl2N3O. The molecule has 1 aliphatic rings. The van der Waals surface area contributed by atoms with E-state index < -0.39 is 5.54 Å². The first-order valence-electron chi connectivity index (χ1n) is 5.66. The normalized spacial score (nSPS) is 17.5. The molecule has 1 aliphatic carbocycles. The van der Waals surface area contributed by atoms with E-state index >= 15 is 0 Å². The minimum absolute atomic E-state index is 0.451. The summed E-state index contributed by atoms with van der Waals surface area (Å²) in [4.78, 5) is 4.34. The average Bonchev–Trinajstić information content (AvgIpc) is 2.74. The van der Waals surface area contributed by atoms with E-state index in [9.17, 15) is 0 Å². The third-order valence-corrected chi connectivity index (χ3v) is 3.65. The van der Waals surface area contributed by atoms with Gasteiger partial charge in [0.1, 0.15) is 0 Å². The summed E-state index contributed by atoms with van der Waals surface area (Å²) in [5, 5.41) is 5.01. The van der Waals surface area contributed by atoms with E-state index in [1.807, 2.05) is 0 Å². The number of nitrogens with zero attached hydrogens (tertiary/aromatic N) is 2. The lowest BCUT2D eigenvalue weighted by atomic mass is 9.78. The van der Waals surface area contributed by atoms with E-state index in [0.717, 1.165) is 24.8 Å². The van der Waals surface area contributed by atoms with Gasteiger partial charge in [-0.05, 0) is 37.5 Å². The summed E-state index contributed by atoms with van der Waals surface area (Å²) >= 11 is 11.9. The van der Waals surface area contributed by atoms with Crippen molar-refractivity contribution >= 4 is 23.2 Å². The van der Waals surface area contributed by atoms with Crippen molar-refractivity contribution in [3.8, 4) is 11.4 Å². The van der Waals surface area contributed by atoms with Gasteiger partial charge in [0.2, 0.25) is 11.7 Å². The predicted octanol–water partition coefficient (Wildman–Crippen LogP) is 3.38. The Hall–Kier alpha value is -1.10. The summed E-state index contributed by atoms with van der Waals surface area (Å²) in [6, 6.07) is 5.14. The smallest absolute Gasteiger partial charge is 0.247 e. The molecule has 1 aromatic heterocycles. The van der Waals surface area contributed by atoms with Crippen LogP contribution in [0.2, 0.25) is 10.0 Å². The fourth-order valence-electron chi connectivity index (χ4n) is 2.00. The van der Waals surface area contributed by atoms with Crippen LogP contribution in [0.15, 0.2) is 22.7 Å². The van der Waals surface area contributed by atoms with E-state index in [1.54, 1.807) is 18.2 Å². The average molecular weight is 284 g/mol. The van der Waals surface area contributed by atoms with E-state index in [0.29, 0.717) is 21.8 Å². The monoisotopic (exact) mass is 283 g/mol. The number of halogens is 2. The molecule has 0 aliphatic heterocycles. The van der Waals surface area contributed by atoms with Crippen molar-refractivity contribution in [3.05, 3.63) is 34.1 Å². The molecule has 1 saturated carbocycles. The van der Waals surface area contributed by atoms with Gasteiger partial charge in [-0.2, -0.15) is 4.98 Å². The second-order valence-electron chi connectivity index (χ2n) is 4.59. The fourth-order valence-corrected chi connectivity index (χ4v) is 2.52. The molecule has 0 unspecified atom stereocenters. The zero-order valence-electron chi connectivity index (χ0n) is 9.49. The van der Waals surface area contributed by atoms with Gasteiger partial charge in [0, 0.05) is 15.6 Å². The maximum absolute atomic E-state index is 6.13. The third kappa shape index (κ3) is 2.00. The van der Waals surface area contributed by atoms with Gasteiger partial charge < -0.3 is 10.3 Å². The molecule has 0 amide bonds. The molecule has 0 bridgehead atoms. The van der Waals surface area contributed by atoms with E-state index in [2.05, 4.69) is 10.1 Å². The lowest BCUT2D eigenvalue weighted by molar-refractivity contribution is 0.181. The number of rotatable bonds is 2. The quantitative estimate of drug-likeness (QED) is 0.918. The third-order valence-electron chi connectivity index (χ3n) is 3.22. The highest BCUT2D eigenvalue weighted by Crippen LogP contribution is 2.38. The van der Waals surface area contributed by atoms with Crippen molar-refractivity contribution in [1.29, 1.82) is 0 Å². The Kier molecular flexibility index (Phi) is 2.81. The topological polar surface area (TPSA) is 64.9 Å². The van der Waals surface area contributed by atoms with Crippen molar-refractivity contribution < 1.29 is 4.52 Å². The van der Waals surface area contributed by atoms with Gasteiger partial charge >= 0.3 is 0 Å². The number of hydrogen-bond acceptors (Lipinski definition) is 4. The first-order valence-corrected chi connectivity index (χ1v) is 6.42. The second-order valence-corrected chi connectivity index (χ2v) is 5.46. The standard InChI is InChI=1S/C12H11Cl2N3O/c13-8-4-7(5-9(14)6-8)10-16-11(18-17-10)12(15)2-1-3-12/h4-6H,1-3,15H2. The van der Waals surface area contributed by atoms with Gasteiger partial charge in [0.05, 0.1) is 5.54 Å². The van der Waals surface area contributed by atoms with Gasteiger partial charge in [0.25, 0.3) is 0 Å². The van der Waals surface area contributed by atoms with Crippen molar-refractivity contribution in [2.75, 3.05) is 0 Å². The Morgan fingerprint density at radius 1 is 1.17 bits per heavy atom. The lowest BCUT2D eigenvalue weighted by Gasteiger charge is -2.33. The van der Waals surface area contributed by atoms with Crippen LogP contribution in [0.1, 0.15) is 25.2 Å². The molecule has 0 radical (unpaired) electrons. The summed E-state index contributed by atoms with van der Waals surface area (Å²) in [5.41, 5.74) is 6.40. The molecule has 2 N–H and O–H groups in total. The van der Waals surface area contributed by atoms with Crippen LogP contribution < -0.4 is 5.73 Å². The highest BCUT2D eigenvalue weighted by atomic mass is 35.5. The van der Waals surface area contributed by atoms with Crippen LogP contribution in [0, 0.1) is 0 Å². The molecule has 0 spiro atoms. The van der Waals surface area contributed by atoms with Crippen LogP contribution in [0.4, 0.5) is 0 Å². The maximum atomic E-state index is 6.13. The van der Waals surface area contributed by atoms with E-state index in [4.69, 9.17) is 33.5 Å². The number of hydrogen-bond donors (Lipinski definition) is 1. The summed E-state index contributed by atoms with van der Waals surface area (Å²) < 4.78 is 5.23. The van der Waals surface area contributed by atoms with Crippen molar-refractivity contribution in [2.24, 2.45) is 5.73 Å². The zero-order valence-corrected chi connectivity index (χ0v) is 11.0. The van der Waals surface area contributed by atoms with Gasteiger partial charge in [0.15, 0.2) is 0 Å². The summed E-state index contributed by atoms with van der Waals surface area (Å²) in [5.74, 6) is 0.950. The number of benzene rings is 1. The van der Waals surface area contributed by atoms with Crippen LogP contribution in [0.25, 0.3) is 11.4 Å².